The molecule has 0 saturated carbocycles. The molecule has 0 aliphatic rings. The highest BCUT2D eigenvalue weighted by molar-refractivity contribution is 5.82. The molecule has 0 radical (unpaired) electrons. The van der Waals surface area contributed by atoms with Crippen molar-refractivity contribution in [1.82, 2.24) is 0 Å². The molecule has 2 aromatic carbocycles. The quantitative estimate of drug-likeness (QED) is 0.699. The Kier molecular flexibility index (Phi) is 5.60. The van der Waals surface area contributed by atoms with E-state index < -0.39 is 5.97 Å². The fourth-order valence-electron chi connectivity index (χ4n) is 2.53. The van der Waals surface area contributed by atoms with Crippen LogP contribution in [0.3, 0.4) is 0 Å². The molecule has 20 heavy (non-hydrogen) atoms. The van der Waals surface area contributed by atoms with Gasteiger partial charge in [0.05, 0.1) is 0 Å². The number of carboxylic acid groups (broad SMARTS) is 1. The highest BCUT2D eigenvalue weighted by Crippen LogP contribution is 2.17. The molecular formula is C18H22O2. The van der Waals surface area contributed by atoms with Crippen molar-refractivity contribution in [2.75, 3.05) is 0 Å². The Morgan fingerprint density at radius 2 is 1.55 bits per heavy atom. The van der Waals surface area contributed by atoms with Crippen molar-refractivity contribution < 1.29 is 9.90 Å². The molecule has 2 nitrogen and oxygen atoms in total. The number of fused-ring (bicyclic) bond motifs is 1. The van der Waals surface area contributed by atoms with Crippen LogP contribution >= 0.6 is 0 Å². The minimum atomic E-state index is -0.679. The molecular weight excluding hydrogens is 248 g/mol. The van der Waals surface area contributed by atoms with Crippen molar-refractivity contribution in [3.63, 3.8) is 0 Å². The number of aryl methyl sites for hydroxylation is 1. The maximum Gasteiger partial charge on any atom is 0.303 e. The van der Waals surface area contributed by atoms with Crippen LogP contribution in [0.4, 0.5) is 0 Å². The highest BCUT2D eigenvalue weighted by Gasteiger charge is 1.98. The van der Waals surface area contributed by atoms with Gasteiger partial charge in [-0.2, -0.15) is 0 Å². The van der Waals surface area contributed by atoms with Crippen molar-refractivity contribution in [2.24, 2.45) is 0 Å². The number of unbranched alkanes of at least 4 members (excludes halogenated alkanes) is 4. The number of rotatable bonds is 8. The first-order valence-electron chi connectivity index (χ1n) is 7.45. The van der Waals surface area contributed by atoms with Crippen molar-refractivity contribution in [3.05, 3.63) is 48.0 Å². The van der Waals surface area contributed by atoms with Gasteiger partial charge in [0.25, 0.3) is 0 Å². The minimum absolute atomic E-state index is 0.310. The van der Waals surface area contributed by atoms with E-state index in [2.05, 4.69) is 42.5 Å². The van der Waals surface area contributed by atoms with Crippen LogP contribution in [0.15, 0.2) is 42.5 Å². The Morgan fingerprint density at radius 1 is 0.850 bits per heavy atom. The van der Waals surface area contributed by atoms with Gasteiger partial charge in [0, 0.05) is 6.42 Å². The molecule has 0 bridgehead atoms. The van der Waals surface area contributed by atoms with E-state index in [4.69, 9.17) is 5.11 Å². The van der Waals surface area contributed by atoms with Gasteiger partial charge in [0.1, 0.15) is 0 Å². The molecule has 0 spiro atoms. The van der Waals surface area contributed by atoms with E-state index in [-0.39, 0.29) is 0 Å². The van der Waals surface area contributed by atoms with Crippen LogP contribution in [0.1, 0.15) is 44.1 Å². The van der Waals surface area contributed by atoms with Gasteiger partial charge >= 0.3 is 5.97 Å². The summed E-state index contributed by atoms with van der Waals surface area (Å²) >= 11 is 0. The van der Waals surface area contributed by atoms with Crippen molar-refractivity contribution in [3.8, 4) is 0 Å². The van der Waals surface area contributed by atoms with Gasteiger partial charge in [-0.25, -0.2) is 0 Å². The summed E-state index contributed by atoms with van der Waals surface area (Å²) in [6.07, 6.45) is 6.78. The Labute approximate surface area is 120 Å². The van der Waals surface area contributed by atoms with E-state index >= 15 is 0 Å². The van der Waals surface area contributed by atoms with Crippen molar-refractivity contribution >= 4 is 16.7 Å². The summed E-state index contributed by atoms with van der Waals surface area (Å²) in [4.78, 5) is 10.4. The number of hydrogen-bond acceptors (Lipinski definition) is 1. The normalized spacial score (nSPS) is 10.8. The third kappa shape index (κ3) is 4.69. The fraction of sp³-hybridized carbons (Fsp3) is 0.389. The average molecular weight is 270 g/mol. The average Bonchev–Trinajstić information content (AvgIpc) is 2.46. The zero-order chi connectivity index (χ0) is 14.2. The van der Waals surface area contributed by atoms with Gasteiger partial charge in [0.2, 0.25) is 0 Å². The lowest BCUT2D eigenvalue weighted by molar-refractivity contribution is -0.137. The zero-order valence-corrected chi connectivity index (χ0v) is 11.8. The van der Waals surface area contributed by atoms with Crippen LogP contribution in [0.25, 0.3) is 10.8 Å². The summed E-state index contributed by atoms with van der Waals surface area (Å²) in [5.74, 6) is -0.679. The molecule has 2 rings (SSSR count). The Bertz CT molecular complexity index is 560. The Balaban J connectivity index is 1.69. The predicted octanol–water partition coefficient (Wildman–Crippen LogP) is 4.81. The standard InChI is InChI=1S/C18H22O2/c19-18(20)11-5-3-1-2-4-8-15-12-13-16-9-6-7-10-17(16)14-15/h6-7,9-10,12-14H,1-5,8,11H2,(H,19,20). The Morgan fingerprint density at radius 3 is 2.35 bits per heavy atom. The zero-order valence-electron chi connectivity index (χ0n) is 11.8. The summed E-state index contributed by atoms with van der Waals surface area (Å²) in [5.41, 5.74) is 1.40. The molecule has 0 heterocycles. The summed E-state index contributed by atoms with van der Waals surface area (Å²) in [6, 6.07) is 15.1. The first-order valence-corrected chi connectivity index (χ1v) is 7.45. The van der Waals surface area contributed by atoms with E-state index in [9.17, 15) is 4.79 Å². The largest absolute Gasteiger partial charge is 0.481 e. The van der Waals surface area contributed by atoms with E-state index in [1.165, 1.54) is 29.2 Å². The lowest BCUT2D eigenvalue weighted by Gasteiger charge is -2.04. The van der Waals surface area contributed by atoms with Gasteiger partial charge in [-0.3, -0.25) is 4.79 Å². The summed E-state index contributed by atoms with van der Waals surface area (Å²) < 4.78 is 0. The number of hydrogen-bond donors (Lipinski definition) is 1. The molecule has 0 aromatic heterocycles. The molecule has 2 aromatic rings. The highest BCUT2D eigenvalue weighted by atomic mass is 16.4. The van der Waals surface area contributed by atoms with Crippen LogP contribution in [0.5, 0.6) is 0 Å². The summed E-state index contributed by atoms with van der Waals surface area (Å²) in [5, 5.41) is 11.2. The maximum atomic E-state index is 10.4. The minimum Gasteiger partial charge on any atom is -0.481 e. The first-order chi connectivity index (χ1) is 9.75. The van der Waals surface area contributed by atoms with Crippen LogP contribution in [0, 0.1) is 0 Å². The lowest BCUT2D eigenvalue weighted by Crippen LogP contribution is -1.93. The van der Waals surface area contributed by atoms with E-state index in [0.29, 0.717) is 6.42 Å². The Hall–Kier alpha value is -1.83. The molecule has 0 aliphatic heterocycles. The first kappa shape index (κ1) is 14.6. The number of carbonyl (C=O) groups is 1. The van der Waals surface area contributed by atoms with Gasteiger partial charge in [-0.15, -0.1) is 0 Å². The second-order valence-electron chi connectivity index (χ2n) is 5.34. The molecule has 0 atom stereocenters. The molecule has 0 fully saturated rings. The van der Waals surface area contributed by atoms with Crippen molar-refractivity contribution in [1.29, 1.82) is 0 Å². The van der Waals surface area contributed by atoms with Crippen LogP contribution in [-0.4, -0.2) is 11.1 Å². The second kappa shape index (κ2) is 7.68. The molecule has 106 valence electrons. The monoisotopic (exact) mass is 270 g/mol. The van der Waals surface area contributed by atoms with Gasteiger partial charge in [-0.1, -0.05) is 61.7 Å². The number of carboxylic acids is 1. The fourth-order valence-corrected chi connectivity index (χ4v) is 2.53. The van der Waals surface area contributed by atoms with E-state index in [1.807, 2.05) is 0 Å². The smallest absolute Gasteiger partial charge is 0.303 e. The molecule has 0 amide bonds. The second-order valence-corrected chi connectivity index (χ2v) is 5.34. The topological polar surface area (TPSA) is 37.3 Å². The predicted molar refractivity (Wildman–Crippen MR) is 83.0 cm³/mol. The molecule has 1 N–H and O–H groups in total. The lowest BCUT2D eigenvalue weighted by atomic mass is 10.0. The SMILES string of the molecule is O=C(O)CCCCCCCc1ccc2ccccc2c1. The third-order valence-electron chi connectivity index (χ3n) is 3.67. The molecule has 0 saturated heterocycles. The van der Waals surface area contributed by atoms with Gasteiger partial charge < -0.3 is 5.11 Å². The van der Waals surface area contributed by atoms with E-state index in [1.54, 1.807) is 0 Å². The molecule has 0 aliphatic carbocycles. The number of aliphatic carboxylic acids is 1. The molecule has 2 heteroatoms. The van der Waals surface area contributed by atoms with Crippen LogP contribution in [-0.2, 0) is 11.2 Å². The summed E-state index contributed by atoms with van der Waals surface area (Å²) in [7, 11) is 0. The van der Waals surface area contributed by atoms with Crippen LogP contribution < -0.4 is 0 Å². The summed E-state index contributed by atoms with van der Waals surface area (Å²) in [6.45, 7) is 0. The van der Waals surface area contributed by atoms with Gasteiger partial charge in [0.15, 0.2) is 0 Å². The van der Waals surface area contributed by atoms with Crippen LogP contribution in [0.2, 0.25) is 0 Å². The number of benzene rings is 2. The third-order valence-corrected chi connectivity index (χ3v) is 3.67. The van der Waals surface area contributed by atoms with E-state index in [0.717, 1.165) is 25.7 Å². The van der Waals surface area contributed by atoms with Crippen molar-refractivity contribution in [2.45, 2.75) is 44.9 Å². The molecule has 0 unspecified atom stereocenters. The maximum absolute atomic E-state index is 10.4. The van der Waals surface area contributed by atoms with Gasteiger partial charge in [-0.05, 0) is 35.6 Å².